The molecule has 0 amide bonds. The SMILES string of the molecule is COC(=O)c1cccc(O[C@@H]2C[C@@H]3CN(c4noc(C5CCC5)n4)C[C@@H]3C[C@H]2O)c1. The number of esters is 1. The Bertz CT molecular complexity index is 912. The van der Waals surface area contributed by atoms with Gasteiger partial charge in [0.25, 0.3) is 5.95 Å². The molecular weight excluding hydrogens is 386 g/mol. The molecule has 1 N–H and O–H groups in total. The van der Waals surface area contributed by atoms with Gasteiger partial charge in [0.15, 0.2) is 0 Å². The molecule has 0 spiro atoms. The van der Waals surface area contributed by atoms with E-state index in [9.17, 15) is 9.90 Å². The van der Waals surface area contributed by atoms with E-state index in [0.717, 1.165) is 38.2 Å². The zero-order valence-corrected chi connectivity index (χ0v) is 17.1. The van der Waals surface area contributed by atoms with Crippen LogP contribution in [0.15, 0.2) is 28.8 Å². The van der Waals surface area contributed by atoms with Crippen molar-refractivity contribution in [1.82, 2.24) is 10.1 Å². The number of fused-ring (bicyclic) bond motifs is 1. The van der Waals surface area contributed by atoms with Gasteiger partial charge < -0.3 is 24.0 Å². The largest absolute Gasteiger partial charge is 0.488 e. The van der Waals surface area contributed by atoms with Gasteiger partial charge in [-0.3, -0.25) is 0 Å². The van der Waals surface area contributed by atoms with Crippen LogP contribution < -0.4 is 9.64 Å². The Morgan fingerprint density at radius 2 is 2.03 bits per heavy atom. The minimum Gasteiger partial charge on any atom is -0.488 e. The standard InChI is InChI=1S/C22H27N3O5/c1-28-21(27)14-6-3-7-17(8-14)29-19-10-16-12-25(11-15(16)9-18(19)26)22-23-20(30-24-22)13-4-2-5-13/h3,6-8,13,15-16,18-19,26H,2,4-5,9-12H2,1H3/t15-,16+,18+,19+/m0/s1. The van der Waals surface area contributed by atoms with E-state index < -0.39 is 12.1 Å². The van der Waals surface area contributed by atoms with Gasteiger partial charge in [0.05, 0.1) is 18.8 Å². The van der Waals surface area contributed by atoms with Crippen LogP contribution in [-0.4, -0.2) is 53.6 Å². The Kier molecular flexibility index (Phi) is 5.10. The van der Waals surface area contributed by atoms with Gasteiger partial charge in [-0.25, -0.2) is 4.79 Å². The zero-order chi connectivity index (χ0) is 20.7. The third kappa shape index (κ3) is 3.64. The molecule has 1 saturated heterocycles. The van der Waals surface area contributed by atoms with Crippen molar-refractivity contribution < 1.29 is 23.9 Å². The molecule has 2 aliphatic carbocycles. The summed E-state index contributed by atoms with van der Waals surface area (Å²) in [6.07, 6.45) is 4.06. The fourth-order valence-corrected chi connectivity index (χ4v) is 4.85. The predicted molar refractivity (Wildman–Crippen MR) is 108 cm³/mol. The first kappa shape index (κ1) is 19.4. The minimum absolute atomic E-state index is 0.310. The average molecular weight is 413 g/mol. The highest BCUT2D eigenvalue weighted by atomic mass is 16.5. The van der Waals surface area contributed by atoms with E-state index >= 15 is 0 Å². The van der Waals surface area contributed by atoms with E-state index in [1.807, 2.05) is 0 Å². The lowest BCUT2D eigenvalue weighted by molar-refractivity contribution is -0.0231. The van der Waals surface area contributed by atoms with Crippen molar-refractivity contribution in [1.29, 1.82) is 0 Å². The number of benzene rings is 1. The third-order valence-electron chi connectivity index (χ3n) is 6.80. The Labute approximate surface area is 175 Å². The molecule has 5 rings (SSSR count). The molecule has 30 heavy (non-hydrogen) atoms. The summed E-state index contributed by atoms with van der Waals surface area (Å²) in [7, 11) is 1.35. The summed E-state index contributed by atoms with van der Waals surface area (Å²) >= 11 is 0. The van der Waals surface area contributed by atoms with E-state index in [1.165, 1.54) is 13.5 Å². The number of hydrogen-bond donors (Lipinski definition) is 1. The van der Waals surface area contributed by atoms with Gasteiger partial charge in [0.2, 0.25) is 5.89 Å². The van der Waals surface area contributed by atoms with Crippen LogP contribution in [0.3, 0.4) is 0 Å². The lowest BCUT2D eigenvalue weighted by Gasteiger charge is -2.35. The molecule has 2 heterocycles. The summed E-state index contributed by atoms with van der Waals surface area (Å²) in [6.45, 7) is 1.67. The second-order valence-electron chi connectivity index (χ2n) is 8.70. The Hall–Kier alpha value is -2.61. The maximum absolute atomic E-state index is 11.8. The zero-order valence-electron chi connectivity index (χ0n) is 17.1. The number of aliphatic hydroxyl groups is 1. The van der Waals surface area contributed by atoms with Crippen LogP contribution in [0.4, 0.5) is 5.95 Å². The number of anilines is 1. The third-order valence-corrected chi connectivity index (χ3v) is 6.80. The van der Waals surface area contributed by atoms with E-state index in [2.05, 4.69) is 15.0 Å². The maximum atomic E-state index is 11.8. The van der Waals surface area contributed by atoms with Crippen molar-refractivity contribution in [2.75, 3.05) is 25.1 Å². The topological polar surface area (TPSA) is 97.9 Å². The predicted octanol–water partition coefficient (Wildman–Crippen LogP) is 2.78. The van der Waals surface area contributed by atoms with Crippen LogP contribution in [0.1, 0.15) is 54.3 Å². The van der Waals surface area contributed by atoms with Gasteiger partial charge in [-0.2, -0.15) is 4.98 Å². The summed E-state index contributed by atoms with van der Waals surface area (Å²) < 4.78 is 16.3. The first-order chi connectivity index (χ1) is 14.6. The van der Waals surface area contributed by atoms with E-state index in [1.54, 1.807) is 24.3 Å². The number of methoxy groups -OCH3 is 1. The second kappa shape index (κ2) is 7.91. The number of ether oxygens (including phenoxy) is 2. The van der Waals surface area contributed by atoms with Crippen LogP contribution in [0.25, 0.3) is 0 Å². The number of carbonyl (C=O) groups excluding carboxylic acids is 1. The molecule has 4 atom stereocenters. The van der Waals surface area contributed by atoms with Gasteiger partial charge in [-0.05, 0) is 60.9 Å². The highest BCUT2D eigenvalue weighted by Crippen LogP contribution is 2.40. The fourth-order valence-electron chi connectivity index (χ4n) is 4.85. The molecular formula is C22H27N3O5. The molecule has 160 valence electrons. The van der Waals surface area contributed by atoms with Crippen LogP contribution in [0, 0.1) is 11.8 Å². The average Bonchev–Trinajstić information content (AvgIpc) is 3.33. The second-order valence-corrected chi connectivity index (χ2v) is 8.70. The number of carbonyl (C=O) groups is 1. The van der Waals surface area contributed by atoms with Gasteiger partial charge in [-0.1, -0.05) is 12.5 Å². The van der Waals surface area contributed by atoms with Crippen LogP contribution in [0.2, 0.25) is 0 Å². The van der Waals surface area contributed by atoms with Crippen molar-refractivity contribution in [2.45, 2.75) is 50.2 Å². The number of aliphatic hydroxyl groups excluding tert-OH is 1. The summed E-state index contributed by atoms with van der Waals surface area (Å²) in [5, 5.41) is 14.9. The summed E-state index contributed by atoms with van der Waals surface area (Å²) in [5.41, 5.74) is 0.435. The van der Waals surface area contributed by atoms with E-state index in [4.69, 9.17) is 14.0 Å². The van der Waals surface area contributed by atoms with Gasteiger partial charge in [-0.15, -0.1) is 0 Å². The molecule has 8 heteroatoms. The molecule has 1 aliphatic heterocycles. The van der Waals surface area contributed by atoms with E-state index in [-0.39, 0.29) is 6.10 Å². The lowest BCUT2D eigenvalue weighted by Crippen LogP contribution is -2.42. The number of aromatic nitrogens is 2. The first-order valence-corrected chi connectivity index (χ1v) is 10.7. The van der Waals surface area contributed by atoms with Gasteiger partial charge in [0.1, 0.15) is 11.9 Å². The van der Waals surface area contributed by atoms with Crippen LogP contribution in [-0.2, 0) is 4.74 Å². The molecule has 3 aliphatic rings. The quantitative estimate of drug-likeness (QED) is 0.748. The van der Waals surface area contributed by atoms with E-state index in [0.29, 0.717) is 41.4 Å². The Morgan fingerprint density at radius 3 is 2.77 bits per heavy atom. The Morgan fingerprint density at radius 1 is 1.23 bits per heavy atom. The maximum Gasteiger partial charge on any atom is 0.337 e. The van der Waals surface area contributed by atoms with Crippen molar-refractivity contribution in [3.05, 3.63) is 35.7 Å². The van der Waals surface area contributed by atoms with Crippen LogP contribution >= 0.6 is 0 Å². The Balaban J connectivity index is 1.24. The molecule has 8 nitrogen and oxygen atoms in total. The molecule has 2 saturated carbocycles. The lowest BCUT2D eigenvalue weighted by atomic mass is 9.78. The normalized spacial score (nSPS) is 28.7. The molecule has 0 bridgehead atoms. The summed E-state index contributed by atoms with van der Waals surface area (Å²) in [4.78, 5) is 18.6. The number of nitrogens with zero attached hydrogens (tertiary/aromatic N) is 3. The highest BCUT2D eigenvalue weighted by Gasteiger charge is 2.44. The molecule has 1 aromatic carbocycles. The number of hydrogen-bond acceptors (Lipinski definition) is 8. The smallest absolute Gasteiger partial charge is 0.337 e. The molecule has 0 unspecified atom stereocenters. The molecule has 1 aromatic heterocycles. The molecule has 2 aromatic rings. The van der Waals surface area contributed by atoms with Gasteiger partial charge >= 0.3 is 5.97 Å². The van der Waals surface area contributed by atoms with Crippen LogP contribution in [0.5, 0.6) is 5.75 Å². The van der Waals surface area contributed by atoms with Crippen molar-refractivity contribution in [3.63, 3.8) is 0 Å². The minimum atomic E-state index is -0.552. The van der Waals surface area contributed by atoms with Crippen molar-refractivity contribution in [3.8, 4) is 5.75 Å². The van der Waals surface area contributed by atoms with Gasteiger partial charge in [0, 0.05) is 19.0 Å². The monoisotopic (exact) mass is 413 g/mol. The summed E-state index contributed by atoms with van der Waals surface area (Å²) in [6, 6.07) is 6.90. The highest BCUT2D eigenvalue weighted by molar-refractivity contribution is 5.89. The molecule has 0 radical (unpaired) electrons. The first-order valence-electron chi connectivity index (χ1n) is 10.7. The molecule has 3 fully saturated rings. The fraction of sp³-hybridized carbons (Fsp3) is 0.591. The summed E-state index contributed by atoms with van der Waals surface area (Å²) in [5.74, 6) is 2.80. The number of rotatable bonds is 5. The van der Waals surface area contributed by atoms with Crippen molar-refractivity contribution >= 4 is 11.9 Å². The van der Waals surface area contributed by atoms with Crippen molar-refractivity contribution in [2.24, 2.45) is 11.8 Å².